The molecule has 0 aliphatic carbocycles. The number of hydrogen-bond acceptors (Lipinski definition) is 3. The molecule has 0 spiro atoms. The molecule has 1 aromatic carbocycles. The standard InChI is InChI=1S/C13H17NO3S/c1-2-11(13(17)14-9-8-12(15)16)18-10-6-4-3-5-7-10/h3-7,11H,2,8-9H2,1H3,(H,14,17)(H,15,16). The quantitative estimate of drug-likeness (QED) is 0.743. The van der Waals surface area contributed by atoms with Gasteiger partial charge in [-0.15, -0.1) is 11.8 Å². The number of nitrogens with one attached hydrogen (secondary N) is 1. The molecule has 0 aromatic heterocycles. The van der Waals surface area contributed by atoms with Gasteiger partial charge in [0.05, 0.1) is 11.7 Å². The number of hydrogen-bond donors (Lipinski definition) is 2. The van der Waals surface area contributed by atoms with Crippen LogP contribution in [-0.4, -0.2) is 28.8 Å². The predicted molar refractivity (Wildman–Crippen MR) is 71.6 cm³/mol. The number of benzene rings is 1. The van der Waals surface area contributed by atoms with Crippen molar-refractivity contribution in [1.82, 2.24) is 5.32 Å². The summed E-state index contributed by atoms with van der Waals surface area (Å²) in [5.41, 5.74) is 0. The predicted octanol–water partition coefficient (Wildman–Crippen LogP) is 2.15. The summed E-state index contributed by atoms with van der Waals surface area (Å²) in [6.07, 6.45) is 0.663. The zero-order valence-corrected chi connectivity index (χ0v) is 11.1. The fourth-order valence-corrected chi connectivity index (χ4v) is 2.39. The fourth-order valence-electron chi connectivity index (χ4n) is 1.39. The molecule has 18 heavy (non-hydrogen) atoms. The van der Waals surface area contributed by atoms with E-state index in [9.17, 15) is 9.59 Å². The maximum atomic E-state index is 11.8. The van der Waals surface area contributed by atoms with E-state index in [0.717, 1.165) is 4.90 Å². The first-order chi connectivity index (χ1) is 8.63. The number of thioether (sulfide) groups is 1. The van der Waals surface area contributed by atoms with Crippen LogP contribution in [0.25, 0.3) is 0 Å². The Kier molecular flexibility index (Phi) is 6.28. The lowest BCUT2D eigenvalue weighted by Gasteiger charge is -2.14. The highest BCUT2D eigenvalue weighted by molar-refractivity contribution is 8.00. The second-order valence-electron chi connectivity index (χ2n) is 3.76. The van der Waals surface area contributed by atoms with Gasteiger partial charge in [-0.2, -0.15) is 0 Å². The van der Waals surface area contributed by atoms with Gasteiger partial charge in [0, 0.05) is 11.4 Å². The number of aliphatic carboxylic acids is 1. The van der Waals surface area contributed by atoms with Gasteiger partial charge in [-0.3, -0.25) is 9.59 Å². The molecule has 0 aliphatic heterocycles. The molecule has 1 atom stereocenters. The first-order valence-electron chi connectivity index (χ1n) is 5.84. The molecule has 0 bridgehead atoms. The molecule has 0 saturated heterocycles. The van der Waals surface area contributed by atoms with E-state index in [1.165, 1.54) is 11.8 Å². The van der Waals surface area contributed by atoms with Crippen molar-refractivity contribution in [3.8, 4) is 0 Å². The third-order valence-electron chi connectivity index (χ3n) is 2.32. The van der Waals surface area contributed by atoms with Crippen molar-refractivity contribution in [1.29, 1.82) is 0 Å². The average Bonchev–Trinajstić information content (AvgIpc) is 2.36. The van der Waals surface area contributed by atoms with Crippen LogP contribution in [0.2, 0.25) is 0 Å². The molecule has 1 rings (SSSR count). The average molecular weight is 267 g/mol. The Morgan fingerprint density at radius 2 is 2.00 bits per heavy atom. The first kappa shape index (κ1) is 14.6. The normalized spacial score (nSPS) is 11.8. The second-order valence-corrected chi connectivity index (χ2v) is 5.04. The summed E-state index contributed by atoms with van der Waals surface area (Å²) in [5.74, 6) is -1.01. The highest BCUT2D eigenvalue weighted by Gasteiger charge is 2.17. The molecule has 1 unspecified atom stereocenters. The van der Waals surface area contributed by atoms with E-state index in [0.29, 0.717) is 6.42 Å². The SMILES string of the molecule is CCC(Sc1ccccc1)C(=O)NCCC(=O)O. The molecular weight excluding hydrogens is 250 g/mol. The summed E-state index contributed by atoms with van der Waals surface area (Å²) in [7, 11) is 0. The number of carboxylic acids is 1. The van der Waals surface area contributed by atoms with Crippen LogP contribution in [0.1, 0.15) is 19.8 Å². The summed E-state index contributed by atoms with van der Waals surface area (Å²) >= 11 is 1.50. The molecule has 1 amide bonds. The van der Waals surface area contributed by atoms with Gasteiger partial charge in [0.15, 0.2) is 0 Å². The Labute approximate surface area is 111 Å². The van der Waals surface area contributed by atoms with Gasteiger partial charge in [-0.25, -0.2) is 0 Å². The Bertz CT molecular complexity index is 394. The van der Waals surface area contributed by atoms with Gasteiger partial charge < -0.3 is 10.4 Å². The van der Waals surface area contributed by atoms with E-state index in [-0.39, 0.29) is 24.1 Å². The van der Waals surface area contributed by atoms with Crippen LogP contribution in [0, 0.1) is 0 Å². The fraction of sp³-hybridized carbons (Fsp3) is 0.385. The molecule has 1 aromatic rings. The maximum Gasteiger partial charge on any atom is 0.305 e. The molecular formula is C13H17NO3S. The van der Waals surface area contributed by atoms with Crippen molar-refractivity contribution in [2.45, 2.75) is 29.9 Å². The van der Waals surface area contributed by atoms with E-state index in [4.69, 9.17) is 5.11 Å². The Hall–Kier alpha value is -1.49. The summed E-state index contributed by atoms with van der Waals surface area (Å²) in [6.45, 7) is 2.12. The zero-order chi connectivity index (χ0) is 13.4. The summed E-state index contributed by atoms with van der Waals surface area (Å²) < 4.78 is 0. The number of carbonyl (C=O) groups excluding carboxylic acids is 1. The van der Waals surface area contributed by atoms with Crippen LogP contribution in [0.5, 0.6) is 0 Å². The molecule has 4 nitrogen and oxygen atoms in total. The number of carboxylic acid groups (broad SMARTS) is 1. The summed E-state index contributed by atoms with van der Waals surface area (Å²) in [5, 5.41) is 11.0. The highest BCUT2D eigenvalue weighted by Crippen LogP contribution is 2.24. The molecule has 5 heteroatoms. The lowest BCUT2D eigenvalue weighted by atomic mass is 10.3. The summed E-state index contributed by atoms with van der Waals surface area (Å²) in [4.78, 5) is 23.2. The summed E-state index contributed by atoms with van der Waals surface area (Å²) in [6, 6.07) is 9.70. The van der Waals surface area contributed by atoms with Crippen molar-refractivity contribution in [3.05, 3.63) is 30.3 Å². The van der Waals surface area contributed by atoms with Gasteiger partial charge >= 0.3 is 5.97 Å². The van der Waals surface area contributed by atoms with Crippen molar-refractivity contribution >= 4 is 23.6 Å². The molecule has 98 valence electrons. The van der Waals surface area contributed by atoms with Crippen molar-refractivity contribution < 1.29 is 14.7 Å². The van der Waals surface area contributed by atoms with Crippen molar-refractivity contribution in [3.63, 3.8) is 0 Å². The highest BCUT2D eigenvalue weighted by atomic mass is 32.2. The lowest BCUT2D eigenvalue weighted by molar-refractivity contribution is -0.136. The monoisotopic (exact) mass is 267 g/mol. The molecule has 0 aliphatic rings. The smallest absolute Gasteiger partial charge is 0.305 e. The van der Waals surface area contributed by atoms with Crippen LogP contribution < -0.4 is 5.32 Å². The van der Waals surface area contributed by atoms with Gasteiger partial charge in [0.1, 0.15) is 0 Å². The maximum absolute atomic E-state index is 11.8. The van der Waals surface area contributed by atoms with Crippen molar-refractivity contribution in [2.75, 3.05) is 6.54 Å². The van der Waals surface area contributed by atoms with Crippen molar-refractivity contribution in [2.24, 2.45) is 0 Å². The van der Waals surface area contributed by atoms with Crippen LogP contribution in [-0.2, 0) is 9.59 Å². The number of rotatable bonds is 7. The van der Waals surface area contributed by atoms with Gasteiger partial charge in [-0.1, -0.05) is 25.1 Å². The van der Waals surface area contributed by atoms with E-state index in [2.05, 4.69) is 5.32 Å². The Balaban J connectivity index is 2.45. The number of amides is 1. The molecule has 0 saturated carbocycles. The van der Waals surface area contributed by atoms with Gasteiger partial charge in [0.2, 0.25) is 5.91 Å². The molecule has 0 fully saturated rings. The van der Waals surface area contributed by atoms with E-state index in [1.54, 1.807) is 0 Å². The third kappa shape index (κ3) is 5.23. The zero-order valence-electron chi connectivity index (χ0n) is 10.3. The topological polar surface area (TPSA) is 66.4 Å². The van der Waals surface area contributed by atoms with Gasteiger partial charge in [0.25, 0.3) is 0 Å². The van der Waals surface area contributed by atoms with Gasteiger partial charge in [-0.05, 0) is 18.6 Å². The van der Waals surface area contributed by atoms with E-state index >= 15 is 0 Å². The Morgan fingerprint density at radius 1 is 1.33 bits per heavy atom. The molecule has 2 N–H and O–H groups in total. The van der Waals surface area contributed by atoms with E-state index < -0.39 is 5.97 Å². The Morgan fingerprint density at radius 3 is 2.56 bits per heavy atom. The van der Waals surface area contributed by atoms with E-state index in [1.807, 2.05) is 37.3 Å². The minimum Gasteiger partial charge on any atom is -0.481 e. The van der Waals surface area contributed by atoms with Crippen LogP contribution in [0.15, 0.2) is 35.2 Å². The minimum atomic E-state index is -0.904. The number of carbonyl (C=O) groups is 2. The second kappa shape index (κ2) is 7.76. The first-order valence-corrected chi connectivity index (χ1v) is 6.72. The van der Waals surface area contributed by atoms with Crippen LogP contribution >= 0.6 is 11.8 Å². The third-order valence-corrected chi connectivity index (χ3v) is 3.70. The molecule has 0 radical (unpaired) electrons. The van der Waals surface area contributed by atoms with Crippen LogP contribution in [0.4, 0.5) is 0 Å². The van der Waals surface area contributed by atoms with Crippen LogP contribution in [0.3, 0.4) is 0 Å². The largest absolute Gasteiger partial charge is 0.481 e. The lowest BCUT2D eigenvalue weighted by Crippen LogP contribution is -2.33. The molecule has 0 heterocycles. The minimum absolute atomic E-state index is 0.0435.